The van der Waals surface area contributed by atoms with Crippen molar-refractivity contribution in [2.75, 3.05) is 17.2 Å². The standard InChI is InChI=1S/C16H14FN3O4S/c17-11-2-1-3-12(8-11)19-16(22)9-18-25(23,24)13-4-5-14-10(6-13)7-15(21)20-14/h1-6,8,18H,7,9H2,(H,19,22)(H,20,21). The van der Waals surface area contributed by atoms with Gasteiger partial charge < -0.3 is 10.6 Å². The maximum absolute atomic E-state index is 13.1. The van der Waals surface area contributed by atoms with E-state index in [1.54, 1.807) is 0 Å². The molecule has 0 bridgehead atoms. The molecule has 2 aromatic carbocycles. The summed E-state index contributed by atoms with van der Waals surface area (Å²) >= 11 is 0. The average molecular weight is 363 g/mol. The topological polar surface area (TPSA) is 104 Å². The van der Waals surface area contributed by atoms with Crippen LogP contribution in [0.4, 0.5) is 15.8 Å². The highest BCUT2D eigenvalue weighted by molar-refractivity contribution is 7.89. The Morgan fingerprint density at radius 2 is 2.00 bits per heavy atom. The van der Waals surface area contributed by atoms with Gasteiger partial charge in [-0.05, 0) is 42.0 Å². The number of carbonyl (C=O) groups is 2. The SMILES string of the molecule is O=C(CNS(=O)(=O)c1ccc2c(c1)CC(=O)N2)Nc1cccc(F)c1. The minimum absolute atomic E-state index is 0.0405. The third-order valence-electron chi connectivity index (χ3n) is 3.54. The number of halogens is 1. The maximum Gasteiger partial charge on any atom is 0.241 e. The van der Waals surface area contributed by atoms with Crippen LogP contribution in [0, 0.1) is 5.82 Å². The van der Waals surface area contributed by atoms with Crippen LogP contribution in [0.3, 0.4) is 0 Å². The summed E-state index contributed by atoms with van der Waals surface area (Å²) in [6.07, 6.45) is 0.110. The quantitative estimate of drug-likeness (QED) is 0.743. The highest BCUT2D eigenvalue weighted by atomic mass is 32.2. The van der Waals surface area contributed by atoms with E-state index in [0.29, 0.717) is 11.3 Å². The second-order valence-corrected chi connectivity index (χ2v) is 7.19. The van der Waals surface area contributed by atoms with Gasteiger partial charge in [0, 0.05) is 11.4 Å². The molecule has 1 aliphatic rings. The maximum atomic E-state index is 13.1. The number of carbonyl (C=O) groups excluding carboxylic acids is 2. The Balaban J connectivity index is 1.65. The number of amides is 2. The van der Waals surface area contributed by atoms with Crippen LogP contribution >= 0.6 is 0 Å². The number of benzene rings is 2. The van der Waals surface area contributed by atoms with Gasteiger partial charge in [-0.2, -0.15) is 0 Å². The van der Waals surface area contributed by atoms with E-state index < -0.39 is 28.3 Å². The number of sulfonamides is 1. The van der Waals surface area contributed by atoms with Gasteiger partial charge in [0.15, 0.2) is 0 Å². The van der Waals surface area contributed by atoms with Crippen LogP contribution in [0.5, 0.6) is 0 Å². The van der Waals surface area contributed by atoms with Crippen LogP contribution in [0.25, 0.3) is 0 Å². The second kappa shape index (κ2) is 6.61. The molecule has 3 N–H and O–H groups in total. The Morgan fingerprint density at radius 3 is 2.76 bits per heavy atom. The molecule has 1 aliphatic heterocycles. The normalized spacial score (nSPS) is 13.2. The molecule has 0 aliphatic carbocycles. The molecule has 0 radical (unpaired) electrons. The first-order valence-corrected chi connectivity index (χ1v) is 8.80. The van der Waals surface area contributed by atoms with Crippen molar-refractivity contribution >= 4 is 33.2 Å². The Bertz CT molecular complexity index is 960. The predicted molar refractivity (Wildman–Crippen MR) is 89.0 cm³/mol. The van der Waals surface area contributed by atoms with Gasteiger partial charge in [-0.15, -0.1) is 0 Å². The third kappa shape index (κ3) is 4.01. The molecule has 0 fully saturated rings. The van der Waals surface area contributed by atoms with Gasteiger partial charge in [0.1, 0.15) is 5.82 Å². The lowest BCUT2D eigenvalue weighted by molar-refractivity contribution is -0.115. The Hall–Kier alpha value is -2.78. The minimum atomic E-state index is -3.92. The van der Waals surface area contributed by atoms with Crippen LogP contribution in [-0.2, 0) is 26.0 Å². The number of fused-ring (bicyclic) bond motifs is 1. The first-order chi connectivity index (χ1) is 11.8. The number of rotatable bonds is 5. The smallest absolute Gasteiger partial charge is 0.241 e. The first-order valence-electron chi connectivity index (χ1n) is 7.31. The lowest BCUT2D eigenvalue weighted by atomic mass is 10.2. The van der Waals surface area contributed by atoms with Crippen molar-refractivity contribution in [2.45, 2.75) is 11.3 Å². The Kier molecular flexibility index (Phi) is 4.51. The van der Waals surface area contributed by atoms with Crippen molar-refractivity contribution in [3.8, 4) is 0 Å². The number of nitrogens with one attached hydrogen (secondary N) is 3. The van der Waals surface area contributed by atoms with E-state index in [-0.39, 0.29) is 22.9 Å². The molecule has 25 heavy (non-hydrogen) atoms. The van der Waals surface area contributed by atoms with E-state index in [4.69, 9.17) is 0 Å². The zero-order chi connectivity index (χ0) is 18.0. The van der Waals surface area contributed by atoms with Crippen LogP contribution in [0.15, 0.2) is 47.4 Å². The van der Waals surface area contributed by atoms with Crippen LogP contribution in [0.1, 0.15) is 5.56 Å². The molecule has 9 heteroatoms. The monoisotopic (exact) mass is 363 g/mol. The molecule has 0 saturated heterocycles. The molecule has 0 atom stereocenters. The highest BCUT2D eigenvalue weighted by Gasteiger charge is 2.22. The summed E-state index contributed by atoms with van der Waals surface area (Å²) in [7, 11) is -3.92. The highest BCUT2D eigenvalue weighted by Crippen LogP contribution is 2.25. The van der Waals surface area contributed by atoms with Crippen molar-refractivity contribution in [1.82, 2.24) is 4.72 Å². The zero-order valence-electron chi connectivity index (χ0n) is 12.9. The predicted octanol–water partition coefficient (Wildman–Crippen LogP) is 1.24. The summed E-state index contributed by atoms with van der Waals surface area (Å²) in [6, 6.07) is 9.50. The molecule has 3 rings (SSSR count). The van der Waals surface area contributed by atoms with Gasteiger partial charge in [0.25, 0.3) is 0 Å². The molecular formula is C16H14FN3O4S. The van der Waals surface area contributed by atoms with Crippen molar-refractivity contribution in [2.24, 2.45) is 0 Å². The largest absolute Gasteiger partial charge is 0.326 e. The Labute approximate surface area is 143 Å². The molecular weight excluding hydrogens is 349 g/mol. The van der Waals surface area contributed by atoms with Crippen LogP contribution in [-0.4, -0.2) is 26.8 Å². The Morgan fingerprint density at radius 1 is 1.20 bits per heavy atom. The van der Waals surface area contributed by atoms with E-state index in [9.17, 15) is 22.4 Å². The molecule has 130 valence electrons. The fourth-order valence-electron chi connectivity index (χ4n) is 2.39. The van der Waals surface area contributed by atoms with Gasteiger partial charge in [-0.3, -0.25) is 9.59 Å². The second-order valence-electron chi connectivity index (χ2n) is 5.43. The van der Waals surface area contributed by atoms with E-state index in [2.05, 4.69) is 15.4 Å². The molecule has 2 amide bonds. The minimum Gasteiger partial charge on any atom is -0.326 e. The molecule has 0 aromatic heterocycles. The fraction of sp³-hybridized carbons (Fsp3) is 0.125. The third-order valence-corrected chi connectivity index (χ3v) is 4.94. The zero-order valence-corrected chi connectivity index (χ0v) is 13.7. The number of anilines is 2. The molecule has 1 heterocycles. The summed E-state index contributed by atoms with van der Waals surface area (Å²) < 4.78 is 39.8. The van der Waals surface area contributed by atoms with Gasteiger partial charge >= 0.3 is 0 Å². The van der Waals surface area contributed by atoms with Crippen molar-refractivity contribution in [1.29, 1.82) is 0 Å². The molecule has 0 unspecified atom stereocenters. The van der Waals surface area contributed by atoms with Gasteiger partial charge in [-0.25, -0.2) is 17.5 Å². The molecule has 7 nitrogen and oxygen atoms in total. The summed E-state index contributed by atoms with van der Waals surface area (Å²) in [5.41, 5.74) is 1.39. The molecule has 0 spiro atoms. The molecule has 0 saturated carbocycles. The van der Waals surface area contributed by atoms with Crippen molar-refractivity contribution in [3.63, 3.8) is 0 Å². The summed E-state index contributed by atoms with van der Waals surface area (Å²) in [5, 5.41) is 5.00. The van der Waals surface area contributed by atoms with Crippen LogP contribution < -0.4 is 15.4 Å². The van der Waals surface area contributed by atoms with Crippen LogP contribution in [0.2, 0.25) is 0 Å². The number of hydrogen-bond acceptors (Lipinski definition) is 4. The lowest BCUT2D eigenvalue weighted by Crippen LogP contribution is -2.33. The van der Waals surface area contributed by atoms with Gasteiger partial charge in [0.2, 0.25) is 21.8 Å². The average Bonchev–Trinajstić information content (AvgIpc) is 2.92. The number of hydrogen-bond donors (Lipinski definition) is 3. The summed E-state index contributed by atoms with van der Waals surface area (Å²) in [6.45, 7) is -0.507. The van der Waals surface area contributed by atoms with E-state index in [1.807, 2.05) is 0 Å². The van der Waals surface area contributed by atoms with Crippen molar-refractivity contribution in [3.05, 3.63) is 53.8 Å². The van der Waals surface area contributed by atoms with E-state index in [1.165, 1.54) is 36.4 Å². The first kappa shape index (κ1) is 17.1. The van der Waals surface area contributed by atoms with E-state index >= 15 is 0 Å². The van der Waals surface area contributed by atoms with E-state index in [0.717, 1.165) is 6.07 Å². The fourth-order valence-corrected chi connectivity index (χ4v) is 3.42. The van der Waals surface area contributed by atoms with Gasteiger partial charge in [-0.1, -0.05) is 6.07 Å². The summed E-state index contributed by atoms with van der Waals surface area (Å²) in [4.78, 5) is 23.1. The lowest BCUT2D eigenvalue weighted by Gasteiger charge is -2.09. The summed E-state index contributed by atoms with van der Waals surface area (Å²) in [5.74, 6) is -1.35. The van der Waals surface area contributed by atoms with Crippen molar-refractivity contribution < 1.29 is 22.4 Å². The van der Waals surface area contributed by atoms with Gasteiger partial charge in [0.05, 0.1) is 17.9 Å². The molecule has 2 aromatic rings.